The number of halogens is 3. The van der Waals surface area contributed by atoms with Gasteiger partial charge in [-0.15, -0.1) is 0 Å². The summed E-state index contributed by atoms with van der Waals surface area (Å²) in [6.07, 6.45) is -3.41. The summed E-state index contributed by atoms with van der Waals surface area (Å²) in [6.45, 7) is -0.595. The van der Waals surface area contributed by atoms with E-state index in [-0.39, 0.29) is 11.3 Å². The van der Waals surface area contributed by atoms with Crippen molar-refractivity contribution in [3.05, 3.63) is 53.5 Å². The van der Waals surface area contributed by atoms with Crippen LogP contribution in [0.15, 0.2) is 41.0 Å². The van der Waals surface area contributed by atoms with Crippen molar-refractivity contribution in [1.82, 2.24) is 0 Å². The number of furan rings is 1. The zero-order chi connectivity index (χ0) is 15.5. The van der Waals surface area contributed by atoms with E-state index in [4.69, 9.17) is 14.4 Å². The summed E-state index contributed by atoms with van der Waals surface area (Å²) in [4.78, 5) is 11.6. The van der Waals surface area contributed by atoms with Crippen LogP contribution in [-0.4, -0.2) is 12.4 Å². The first kappa shape index (κ1) is 14.7. The van der Waals surface area contributed by atoms with Gasteiger partial charge in [0.2, 0.25) is 5.78 Å². The number of nitriles is 1. The molecule has 0 aliphatic carbocycles. The Morgan fingerprint density at radius 2 is 2.10 bits per heavy atom. The fourth-order valence-corrected chi connectivity index (χ4v) is 1.60. The number of rotatable bonds is 4. The lowest BCUT2D eigenvalue weighted by molar-refractivity contribution is -0.138. The Bertz CT molecular complexity index is 684. The number of alkyl halides is 3. The Kier molecular flexibility index (Phi) is 3.98. The fraction of sp³-hybridized carbons (Fsp3) is 0.143. The van der Waals surface area contributed by atoms with Crippen LogP contribution in [0.5, 0.6) is 5.75 Å². The van der Waals surface area contributed by atoms with E-state index in [2.05, 4.69) is 0 Å². The van der Waals surface area contributed by atoms with Crippen molar-refractivity contribution in [2.75, 3.05) is 6.61 Å². The smallest absolute Gasteiger partial charge is 0.420 e. The van der Waals surface area contributed by atoms with Gasteiger partial charge in [-0.1, -0.05) is 0 Å². The normalized spacial score (nSPS) is 11.0. The molecule has 2 aromatic rings. The molecule has 0 radical (unpaired) electrons. The second-order valence-corrected chi connectivity index (χ2v) is 4.01. The Morgan fingerprint density at radius 1 is 1.33 bits per heavy atom. The van der Waals surface area contributed by atoms with E-state index in [1.807, 2.05) is 0 Å². The van der Waals surface area contributed by atoms with E-state index in [1.165, 1.54) is 24.5 Å². The third-order valence-electron chi connectivity index (χ3n) is 2.57. The van der Waals surface area contributed by atoms with Crippen molar-refractivity contribution in [2.24, 2.45) is 0 Å². The lowest BCUT2D eigenvalue weighted by atomic mass is 10.1. The highest BCUT2D eigenvalue weighted by molar-refractivity contribution is 5.94. The molecule has 0 saturated carbocycles. The molecule has 0 saturated heterocycles. The van der Waals surface area contributed by atoms with Crippen LogP contribution in [0.25, 0.3) is 0 Å². The Labute approximate surface area is 117 Å². The van der Waals surface area contributed by atoms with Gasteiger partial charge in [0, 0.05) is 0 Å². The molecule has 0 fully saturated rings. The summed E-state index contributed by atoms with van der Waals surface area (Å²) in [5, 5.41) is 8.64. The van der Waals surface area contributed by atoms with Gasteiger partial charge in [-0.3, -0.25) is 4.79 Å². The van der Waals surface area contributed by atoms with Gasteiger partial charge in [0.15, 0.2) is 12.4 Å². The van der Waals surface area contributed by atoms with Gasteiger partial charge in [0.25, 0.3) is 0 Å². The molecule has 1 aromatic carbocycles. The molecule has 4 nitrogen and oxygen atoms in total. The molecule has 0 N–H and O–H groups in total. The molecule has 1 heterocycles. The van der Waals surface area contributed by atoms with Gasteiger partial charge < -0.3 is 9.15 Å². The highest BCUT2D eigenvalue weighted by Gasteiger charge is 2.35. The molecular formula is C14H8F3NO3. The molecule has 0 atom stereocenters. The highest BCUT2D eigenvalue weighted by Crippen LogP contribution is 2.36. The minimum absolute atomic E-state index is 0.00259. The van der Waals surface area contributed by atoms with Crippen LogP contribution < -0.4 is 4.74 Å². The Morgan fingerprint density at radius 3 is 2.67 bits per heavy atom. The summed E-state index contributed by atoms with van der Waals surface area (Å²) in [5.41, 5.74) is -1.25. The number of carbonyl (C=O) groups excluding carboxylic acids is 1. The summed E-state index contributed by atoms with van der Waals surface area (Å²) in [5.74, 6) is -1.10. The number of nitrogens with zero attached hydrogens (tertiary/aromatic N) is 1. The number of carbonyl (C=O) groups is 1. The topological polar surface area (TPSA) is 63.2 Å². The predicted molar refractivity (Wildman–Crippen MR) is 64.7 cm³/mol. The largest absolute Gasteiger partial charge is 0.485 e. The number of hydrogen-bond acceptors (Lipinski definition) is 4. The molecule has 0 aliphatic heterocycles. The third kappa shape index (κ3) is 3.42. The van der Waals surface area contributed by atoms with Crippen molar-refractivity contribution in [3.63, 3.8) is 0 Å². The number of ether oxygens (including phenoxy) is 1. The first-order chi connectivity index (χ1) is 9.91. The molecule has 0 spiro atoms. The van der Waals surface area contributed by atoms with Crippen LogP contribution in [0.4, 0.5) is 13.2 Å². The van der Waals surface area contributed by atoms with Gasteiger partial charge in [-0.05, 0) is 30.3 Å². The highest BCUT2D eigenvalue weighted by atomic mass is 19.4. The zero-order valence-electron chi connectivity index (χ0n) is 10.5. The van der Waals surface area contributed by atoms with Gasteiger partial charge in [0.05, 0.1) is 23.5 Å². The molecule has 2 rings (SSSR count). The molecule has 0 amide bonds. The van der Waals surface area contributed by atoms with Gasteiger partial charge >= 0.3 is 6.18 Å². The van der Waals surface area contributed by atoms with E-state index >= 15 is 0 Å². The molecular weight excluding hydrogens is 287 g/mol. The quantitative estimate of drug-likeness (QED) is 0.811. The molecule has 0 unspecified atom stereocenters. The minimum atomic E-state index is -4.68. The SMILES string of the molecule is N#Cc1ccc(OCC(=O)c2ccco2)c(C(F)(F)F)c1. The summed E-state index contributed by atoms with van der Waals surface area (Å²) < 4.78 is 48.3. The first-order valence-electron chi connectivity index (χ1n) is 5.72. The van der Waals surface area contributed by atoms with Crippen molar-refractivity contribution in [3.8, 4) is 11.8 Å². The van der Waals surface area contributed by atoms with Crippen LogP contribution in [-0.2, 0) is 6.18 Å². The van der Waals surface area contributed by atoms with Crippen LogP contribution in [0, 0.1) is 11.3 Å². The lowest BCUT2D eigenvalue weighted by Crippen LogP contribution is -2.14. The maximum atomic E-state index is 12.9. The van der Waals surface area contributed by atoms with Gasteiger partial charge in [0.1, 0.15) is 5.75 Å². The molecule has 7 heteroatoms. The van der Waals surface area contributed by atoms with Crippen molar-refractivity contribution < 1.29 is 27.1 Å². The molecule has 21 heavy (non-hydrogen) atoms. The van der Waals surface area contributed by atoms with Crippen LogP contribution >= 0.6 is 0 Å². The molecule has 1 aromatic heterocycles. The van der Waals surface area contributed by atoms with Crippen LogP contribution in [0.2, 0.25) is 0 Å². The maximum absolute atomic E-state index is 12.9. The van der Waals surface area contributed by atoms with E-state index in [9.17, 15) is 18.0 Å². The van der Waals surface area contributed by atoms with Crippen molar-refractivity contribution in [2.45, 2.75) is 6.18 Å². The third-order valence-corrected chi connectivity index (χ3v) is 2.57. The fourth-order valence-electron chi connectivity index (χ4n) is 1.60. The number of ketones is 1. The molecule has 0 bridgehead atoms. The van der Waals surface area contributed by atoms with Gasteiger partial charge in [-0.2, -0.15) is 18.4 Å². The van der Waals surface area contributed by atoms with Crippen LogP contribution in [0.3, 0.4) is 0 Å². The standard InChI is InChI=1S/C14H8F3NO3/c15-14(16,17)10-6-9(7-18)3-4-12(10)21-8-11(19)13-2-1-5-20-13/h1-6H,8H2. The average Bonchev–Trinajstić information content (AvgIpc) is 2.97. The second-order valence-electron chi connectivity index (χ2n) is 4.01. The van der Waals surface area contributed by atoms with Crippen molar-refractivity contribution in [1.29, 1.82) is 5.26 Å². The van der Waals surface area contributed by atoms with E-state index in [1.54, 1.807) is 6.07 Å². The number of hydrogen-bond donors (Lipinski definition) is 0. The second kappa shape index (κ2) is 5.71. The van der Waals surface area contributed by atoms with Gasteiger partial charge in [-0.25, -0.2) is 0 Å². The lowest BCUT2D eigenvalue weighted by Gasteiger charge is -2.13. The van der Waals surface area contributed by atoms with E-state index in [0.717, 1.165) is 6.07 Å². The van der Waals surface area contributed by atoms with E-state index < -0.39 is 29.9 Å². The zero-order valence-corrected chi connectivity index (χ0v) is 10.5. The van der Waals surface area contributed by atoms with Crippen LogP contribution in [0.1, 0.15) is 21.7 Å². The first-order valence-corrected chi connectivity index (χ1v) is 5.72. The number of Topliss-reactive ketones (excluding diaryl/α,β-unsaturated/α-hetero) is 1. The van der Waals surface area contributed by atoms with Crippen molar-refractivity contribution >= 4 is 5.78 Å². The predicted octanol–water partition coefficient (Wildman–Crippen LogP) is 3.43. The minimum Gasteiger partial charge on any atom is -0.485 e. The Balaban J connectivity index is 2.20. The summed E-state index contributed by atoms with van der Waals surface area (Å²) in [6, 6.07) is 7.35. The average molecular weight is 295 g/mol. The Hall–Kier alpha value is -2.75. The summed E-state index contributed by atoms with van der Waals surface area (Å²) >= 11 is 0. The summed E-state index contributed by atoms with van der Waals surface area (Å²) in [7, 11) is 0. The monoisotopic (exact) mass is 295 g/mol. The molecule has 108 valence electrons. The maximum Gasteiger partial charge on any atom is 0.420 e. The number of benzene rings is 1. The van der Waals surface area contributed by atoms with E-state index in [0.29, 0.717) is 6.07 Å². The molecule has 0 aliphatic rings.